The minimum absolute atomic E-state index is 0.103. The average molecular weight is 493 g/mol. The topological polar surface area (TPSA) is 105 Å². The first-order valence-electron chi connectivity index (χ1n) is 10.9. The van der Waals surface area contributed by atoms with E-state index in [1.807, 2.05) is 0 Å². The fraction of sp³-hybridized carbons (Fsp3) is 0.154. The number of nitrogens with one attached hydrogen (secondary N) is 2. The van der Waals surface area contributed by atoms with Crippen LogP contribution in [0.5, 0.6) is 5.75 Å². The molecule has 1 aliphatic rings. The Bertz CT molecular complexity index is 1310. The summed E-state index contributed by atoms with van der Waals surface area (Å²) in [5, 5.41) is 5.14. The molecular weight excluding hydrogens is 472 g/mol. The Morgan fingerprint density at radius 2 is 1.61 bits per heavy atom. The first kappa shape index (κ1) is 24.5. The summed E-state index contributed by atoms with van der Waals surface area (Å²) in [5.74, 6) is -1.78. The van der Waals surface area contributed by atoms with Gasteiger partial charge in [0.05, 0.1) is 5.69 Å². The molecule has 1 fully saturated rings. The molecule has 3 aromatic rings. The molecule has 0 radical (unpaired) electrons. The number of ketones is 1. The Labute approximate surface area is 204 Å². The van der Waals surface area contributed by atoms with E-state index >= 15 is 0 Å². The molecule has 1 aliphatic heterocycles. The average Bonchev–Trinajstić information content (AvgIpc) is 3.08. The molecule has 0 spiro atoms. The number of amides is 4. The summed E-state index contributed by atoms with van der Waals surface area (Å²) in [7, 11) is 0. The third-order valence-electron chi connectivity index (χ3n) is 5.72. The maximum absolute atomic E-state index is 13.1. The van der Waals surface area contributed by atoms with Gasteiger partial charge in [-0.15, -0.1) is 0 Å². The molecule has 0 aliphatic carbocycles. The third-order valence-corrected chi connectivity index (χ3v) is 5.72. The molecular formula is C26H21F2N3O5. The minimum Gasteiger partial charge on any atom is -0.435 e. The van der Waals surface area contributed by atoms with Gasteiger partial charge in [0.15, 0.2) is 5.78 Å². The van der Waals surface area contributed by atoms with E-state index in [0.717, 1.165) is 4.90 Å². The Morgan fingerprint density at radius 3 is 2.28 bits per heavy atom. The summed E-state index contributed by atoms with van der Waals surface area (Å²) in [6.45, 7) is -2.15. The number of hydrogen-bond acceptors (Lipinski definition) is 5. The number of ether oxygens (including phenoxy) is 1. The highest BCUT2D eigenvalue weighted by Gasteiger charge is 2.49. The molecule has 1 saturated heterocycles. The van der Waals surface area contributed by atoms with Crippen LogP contribution in [0.15, 0.2) is 78.9 Å². The summed E-state index contributed by atoms with van der Waals surface area (Å²) in [6, 6.07) is 19.4. The van der Waals surface area contributed by atoms with Crippen LogP contribution < -0.4 is 15.4 Å². The first-order valence-corrected chi connectivity index (χ1v) is 10.9. The number of halogens is 2. The predicted octanol–water partition coefficient (Wildman–Crippen LogP) is 3.92. The zero-order valence-electron chi connectivity index (χ0n) is 19.0. The molecule has 0 saturated carbocycles. The number of anilines is 1. The van der Waals surface area contributed by atoms with Crippen molar-refractivity contribution in [2.24, 2.45) is 0 Å². The quantitative estimate of drug-likeness (QED) is 0.366. The Morgan fingerprint density at radius 1 is 0.972 bits per heavy atom. The highest BCUT2D eigenvalue weighted by Crippen LogP contribution is 2.30. The van der Waals surface area contributed by atoms with E-state index in [0.29, 0.717) is 11.1 Å². The van der Waals surface area contributed by atoms with E-state index < -0.39 is 36.5 Å². The van der Waals surface area contributed by atoms with Gasteiger partial charge >= 0.3 is 12.6 Å². The monoisotopic (exact) mass is 493 g/mol. The Balaban J connectivity index is 1.48. The smallest absolute Gasteiger partial charge is 0.387 e. The zero-order valence-corrected chi connectivity index (χ0v) is 19.0. The third kappa shape index (κ3) is 4.92. The molecule has 3 aromatic carbocycles. The first-order chi connectivity index (χ1) is 17.2. The minimum atomic E-state index is -3.00. The lowest BCUT2D eigenvalue weighted by Gasteiger charge is -2.22. The van der Waals surface area contributed by atoms with Crippen molar-refractivity contribution in [3.05, 3.63) is 95.6 Å². The van der Waals surface area contributed by atoms with Gasteiger partial charge in [-0.3, -0.25) is 19.3 Å². The molecule has 10 heteroatoms. The van der Waals surface area contributed by atoms with Crippen LogP contribution >= 0.6 is 0 Å². The van der Waals surface area contributed by atoms with Gasteiger partial charge in [-0.1, -0.05) is 54.6 Å². The van der Waals surface area contributed by atoms with Crippen LogP contribution in [0.4, 0.5) is 19.3 Å². The van der Waals surface area contributed by atoms with E-state index in [4.69, 9.17) is 0 Å². The van der Waals surface area contributed by atoms with Crippen molar-refractivity contribution >= 4 is 29.3 Å². The van der Waals surface area contributed by atoms with Gasteiger partial charge in [-0.2, -0.15) is 8.78 Å². The number of alkyl halides is 2. The molecule has 1 heterocycles. The van der Waals surface area contributed by atoms with Crippen LogP contribution in [0.25, 0.3) is 0 Å². The van der Waals surface area contributed by atoms with Gasteiger partial charge in [-0.05, 0) is 36.8 Å². The number of carbonyl (C=O) groups is 4. The fourth-order valence-corrected chi connectivity index (χ4v) is 3.87. The summed E-state index contributed by atoms with van der Waals surface area (Å²) >= 11 is 0. The number of benzene rings is 3. The lowest BCUT2D eigenvalue weighted by molar-refractivity contribution is -0.133. The van der Waals surface area contributed by atoms with Crippen LogP contribution in [0.1, 0.15) is 28.4 Å². The van der Waals surface area contributed by atoms with Crippen LogP contribution in [-0.4, -0.2) is 41.7 Å². The molecule has 0 aromatic heterocycles. The second-order valence-electron chi connectivity index (χ2n) is 8.14. The number of rotatable bonds is 8. The molecule has 4 amide bonds. The van der Waals surface area contributed by atoms with Gasteiger partial charge in [0.25, 0.3) is 5.91 Å². The Hall–Kier alpha value is -4.60. The number of carbonyl (C=O) groups excluding carboxylic acids is 4. The number of imide groups is 1. The standard InChI is InChI=1S/C26H21F2N3O5/c1-26(17-11-13-18(14-12-17)36-24(27)28)23(34)31(25(35)30-26)15-21(32)29-20-10-6-5-9-19(20)22(33)16-7-3-2-4-8-16/h2-14,24H,15H2,1H3,(H,29,32)(H,30,35)/t26-/m0/s1. The molecule has 36 heavy (non-hydrogen) atoms. The van der Waals surface area contributed by atoms with Crippen LogP contribution in [0.2, 0.25) is 0 Å². The largest absolute Gasteiger partial charge is 0.435 e. The predicted molar refractivity (Wildman–Crippen MR) is 126 cm³/mol. The number of nitrogens with zero attached hydrogens (tertiary/aromatic N) is 1. The SMILES string of the molecule is C[C@@]1(c2ccc(OC(F)F)cc2)NC(=O)N(CC(=O)Nc2ccccc2C(=O)c2ccccc2)C1=O. The summed E-state index contributed by atoms with van der Waals surface area (Å²) in [4.78, 5) is 52.1. The second-order valence-corrected chi connectivity index (χ2v) is 8.14. The van der Waals surface area contributed by atoms with E-state index in [2.05, 4.69) is 15.4 Å². The zero-order chi connectivity index (χ0) is 25.9. The van der Waals surface area contributed by atoms with Crippen molar-refractivity contribution in [2.75, 3.05) is 11.9 Å². The van der Waals surface area contributed by atoms with Crippen LogP contribution in [0, 0.1) is 0 Å². The number of urea groups is 1. The summed E-state index contributed by atoms with van der Waals surface area (Å²) in [6.07, 6.45) is 0. The van der Waals surface area contributed by atoms with Crippen LogP contribution in [0.3, 0.4) is 0 Å². The molecule has 4 rings (SSSR count). The number of hydrogen-bond donors (Lipinski definition) is 2. The number of para-hydroxylation sites is 1. The molecule has 0 unspecified atom stereocenters. The van der Waals surface area contributed by atoms with E-state index in [-0.39, 0.29) is 22.8 Å². The van der Waals surface area contributed by atoms with Crippen molar-refractivity contribution in [1.29, 1.82) is 0 Å². The molecule has 1 atom stereocenters. The molecule has 8 nitrogen and oxygen atoms in total. The van der Waals surface area contributed by atoms with Crippen molar-refractivity contribution in [3.63, 3.8) is 0 Å². The van der Waals surface area contributed by atoms with E-state index in [9.17, 15) is 28.0 Å². The Kier molecular flexibility index (Phi) is 6.77. The van der Waals surface area contributed by atoms with Gasteiger partial charge < -0.3 is 15.4 Å². The maximum atomic E-state index is 13.1. The van der Waals surface area contributed by atoms with Crippen molar-refractivity contribution in [2.45, 2.75) is 19.1 Å². The highest BCUT2D eigenvalue weighted by molar-refractivity contribution is 6.15. The van der Waals surface area contributed by atoms with Gasteiger partial charge in [0, 0.05) is 11.1 Å². The van der Waals surface area contributed by atoms with E-state index in [1.165, 1.54) is 31.2 Å². The molecule has 2 N–H and O–H groups in total. The fourth-order valence-electron chi connectivity index (χ4n) is 3.87. The van der Waals surface area contributed by atoms with Crippen molar-refractivity contribution in [3.8, 4) is 5.75 Å². The van der Waals surface area contributed by atoms with Gasteiger partial charge in [-0.25, -0.2) is 4.79 Å². The lowest BCUT2D eigenvalue weighted by Crippen LogP contribution is -2.42. The lowest BCUT2D eigenvalue weighted by atomic mass is 9.92. The van der Waals surface area contributed by atoms with Gasteiger partial charge in [0.2, 0.25) is 5.91 Å². The van der Waals surface area contributed by atoms with Crippen LogP contribution in [-0.2, 0) is 15.1 Å². The van der Waals surface area contributed by atoms with Crippen molar-refractivity contribution < 1.29 is 32.7 Å². The normalized spacial score (nSPS) is 17.2. The van der Waals surface area contributed by atoms with Gasteiger partial charge in [0.1, 0.15) is 17.8 Å². The van der Waals surface area contributed by atoms with Crippen molar-refractivity contribution in [1.82, 2.24) is 10.2 Å². The van der Waals surface area contributed by atoms with E-state index in [1.54, 1.807) is 54.6 Å². The summed E-state index contributed by atoms with van der Waals surface area (Å²) < 4.78 is 29.1. The summed E-state index contributed by atoms with van der Waals surface area (Å²) in [5.41, 5.74) is -0.258. The molecule has 0 bridgehead atoms. The highest BCUT2D eigenvalue weighted by atomic mass is 19.3. The molecule has 184 valence electrons. The second kappa shape index (κ2) is 9.95. The maximum Gasteiger partial charge on any atom is 0.387 e.